The molecule has 0 aliphatic carbocycles. The Bertz CT molecular complexity index is 1230. The SMILES string of the molecule is COc1ccc2c(c1OC)C(=O)OC2CC(=O)Nc1ccc2c(C)cc(=O)[nH]c2c1. The number of amides is 1. The average molecular weight is 408 g/mol. The maximum Gasteiger partial charge on any atom is 0.343 e. The molecule has 0 bridgehead atoms. The van der Waals surface area contributed by atoms with Gasteiger partial charge in [0.2, 0.25) is 11.5 Å². The van der Waals surface area contributed by atoms with Crippen molar-refractivity contribution in [2.24, 2.45) is 0 Å². The molecule has 8 nitrogen and oxygen atoms in total. The molecule has 1 atom stereocenters. The number of cyclic esters (lactones) is 1. The van der Waals surface area contributed by atoms with E-state index in [1.54, 1.807) is 24.3 Å². The van der Waals surface area contributed by atoms with Crippen molar-refractivity contribution < 1.29 is 23.8 Å². The number of carbonyl (C=O) groups is 2. The van der Waals surface area contributed by atoms with Gasteiger partial charge in [0.1, 0.15) is 11.7 Å². The van der Waals surface area contributed by atoms with Crippen LogP contribution in [0.25, 0.3) is 10.9 Å². The van der Waals surface area contributed by atoms with Crippen molar-refractivity contribution in [2.45, 2.75) is 19.4 Å². The molecular formula is C22H20N2O6. The largest absolute Gasteiger partial charge is 0.493 e. The molecule has 1 aliphatic rings. The Morgan fingerprint density at radius 2 is 1.93 bits per heavy atom. The van der Waals surface area contributed by atoms with E-state index in [0.29, 0.717) is 22.5 Å². The second kappa shape index (κ2) is 7.55. The van der Waals surface area contributed by atoms with Crippen molar-refractivity contribution in [1.29, 1.82) is 0 Å². The molecule has 0 fully saturated rings. The fourth-order valence-corrected chi connectivity index (χ4v) is 3.72. The van der Waals surface area contributed by atoms with Crippen molar-refractivity contribution in [3.8, 4) is 11.5 Å². The van der Waals surface area contributed by atoms with Crippen LogP contribution in [0.3, 0.4) is 0 Å². The average Bonchev–Trinajstić information content (AvgIpc) is 3.02. The number of fused-ring (bicyclic) bond motifs is 2. The second-order valence-corrected chi connectivity index (χ2v) is 6.99. The van der Waals surface area contributed by atoms with E-state index in [1.165, 1.54) is 20.3 Å². The van der Waals surface area contributed by atoms with Crippen molar-refractivity contribution in [3.05, 3.63) is 63.4 Å². The molecule has 2 aromatic carbocycles. The van der Waals surface area contributed by atoms with Crippen molar-refractivity contribution >= 4 is 28.5 Å². The second-order valence-electron chi connectivity index (χ2n) is 6.99. The molecule has 0 saturated heterocycles. The number of anilines is 1. The minimum atomic E-state index is -0.727. The third-order valence-corrected chi connectivity index (χ3v) is 5.08. The fraction of sp³-hybridized carbons (Fsp3) is 0.227. The number of ether oxygens (including phenoxy) is 3. The van der Waals surface area contributed by atoms with E-state index in [4.69, 9.17) is 14.2 Å². The van der Waals surface area contributed by atoms with Gasteiger partial charge in [-0.3, -0.25) is 9.59 Å². The number of aromatic amines is 1. The van der Waals surface area contributed by atoms with Gasteiger partial charge < -0.3 is 24.5 Å². The number of H-pyrrole nitrogens is 1. The van der Waals surface area contributed by atoms with E-state index in [1.807, 2.05) is 13.0 Å². The van der Waals surface area contributed by atoms with Gasteiger partial charge in [-0.25, -0.2) is 4.79 Å². The molecule has 154 valence electrons. The zero-order chi connectivity index (χ0) is 21.4. The summed E-state index contributed by atoms with van der Waals surface area (Å²) in [4.78, 5) is 39.4. The van der Waals surface area contributed by atoms with Crippen LogP contribution < -0.4 is 20.3 Å². The topological polar surface area (TPSA) is 107 Å². The van der Waals surface area contributed by atoms with Crippen LogP contribution in [0, 0.1) is 6.92 Å². The molecule has 30 heavy (non-hydrogen) atoms. The van der Waals surface area contributed by atoms with Gasteiger partial charge in [0, 0.05) is 22.7 Å². The predicted molar refractivity (Wildman–Crippen MR) is 110 cm³/mol. The molecule has 0 spiro atoms. The number of benzene rings is 2. The lowest BCUT2D eigenvalue weighted by atomic mass is 10.0. The van der Waals surface area contributed by atoms with Crippen LogP contribution in [0.15, 0.2) is 41.2 Å². The van der Waals surface area contributed by atoms with Crippen molar-refractivity contribution in [1.82, 2.24) is 4.98 Å². The first kappa shape index (κ1) is 19.5. The number of nitrogens with one attached hydrogen (secondary N) is 2. The molecule has 2 N–H and O–H groups in total. The van der Waals surface area contributed by atoms with E-state index >= 15 is 0 Å². The number of hydrogen-bond acceptors (Lipinski definition) is 6. The first-order valence-corrected chi connectivity index (χ1v) is 9.30. The number of rotatable bonds is 5. The number of methoxy groups -OCH3 is 2. The van der Waals surface area contributed by atoms with E-state index < -0.39 is 12.1 Å². The van der Waals surface area contributed by atoms with Gasteiger partial charge in [-0.1, -0.05) is 12.1 Å². The molecule has 1 unspecified atom stereocenters. The Kier molecular flexibility index (Phi) is 4.91. The Balaban J connectivity index is 1.55. The molecule has 1 aliphatic heterocycles. The summed E-state index contributed by atoms with van der Waals surface area (Å²) in [7, 11) is 2.92. The zero-order valence-corrected chi connectivity index (χ0v) is 16.7. The van der Waals surface area contributed by atoms with Gasteiger partial charge in [0.05, 0.1) is 26.2 Å². The quantitative estimate of drug-likeness (QED) is 0.629. The van der Waals surface area contributed by atoms with E-state index in [0.717, 1.165) is 10.9 Å². The first-order chi connectivity index (χ1) is 14.4. The summed E-state index contributed by atoms with van der Waals surface area (Å²) in [5, 5.41) is 3.68. The van der Waals surface area contributed by atoms with Gasteiger partial charge in [0.15, 0.2) is 11.5 Å². The van der Waals surface area contributed by atoms with Crippen LogP contribution in [0.1, 0.15) is 34.0 Å². The van der Waals surface area contributed by atoms with Crippen molar-refractivity contribution in [2.75, 3.05) is 19.5 Å². The maximum atomic E-state index is 12.6. The van der Waals surface area contributed by atoms with Crippen LogP contribution in [0.4, 0.5) is 5.69 Å². The zero-order valence-electron chi connectivity index (χ0n) is 16.7. The summed E-state index contributed by atoms with van der Waals surface area (Å²) in [6, 6.07) is 10.2. The smallest absolute Gasteiger partial charge is 0.343 e. The first-order valence-electron chi connectivity index (χ1n) is 9.30. The molecule has 0 radical (unpaired) electrons. The summed E-state index contributed by atoms with van der Waals surface area (Å²) in [6.45, 7) is 1.85. The number of esters is 1. The molecule has 3 aromatic rings. The molecule has 1 aromatic heterocycles. The highest BCUT2D eigenvalue weighted by molar-refractivity contribution is 6.00. The minimum absolute atomic E-state index is 0.0589. The summed E-state index contributed by atoms with van der Waals surface area (Å²) < 4.78 is 15.9. The summed E-state index contributed by atoms with van der Waals surface area (Å²) in [5.74, 6) is -0.183. The highest BCUT2D eigenvalue weighted by Gasteiger charge is 2.36. The molecule has 8 heteroatoms. The molecule has 0 saturated carbocycles. The lowest BCUT2D eigenvalue weighted by molar-refractivity contribution is -0.118. The van der Waals surface area contributed by atoms with Crippen LogP contribution in [-0.4, -0.2) is 31.1 Å². The monoisotopic (exact) mass is 408 g/mol. The molecular weight excluding hydrogens is 388 g/mol. The third kappa shape index (κ3) is 3.36. The lowest BCUT2D eigenvalue weighted by Gasteiger charge is -2.13. The molecule has 4 rings (SSSR count). The molecule has 1 amide bonds. The number of hydrogen-bond donors (Lipinski definition) is 2. The van der Waals surface area contributed by atoms with Gasteiger partial charge in [-0.15, -0.1) is 0 Å². The van der Waals surface area contributed by atoms with Gasteiger partial charge in [-0.05, 0) is 30.7 Å². The highest BCUT2D eigenvalue weighted by Crippen LogP contribution is 2.43. The van der Waals surface area contributed by atoms with Crippen LogP contribution >= 0.6 is 0 Å². The normalized spacial score (nSPS) is 14.9. The fourth-order valence-electron chi connectivity index (χ4n) is 3.72. The van der Waals surface area contributed by atoms with E-state index in [-0.39, 0.29) is 29.2 Å². The Morgan fingerprint density at radius 1 is 1.13 bits per heavy atom. The van der Waals surface area contributed by atoms with E-state index in [2.05, 4.69) is 10.3 Å². The van der Waals surface area contributed by atoms with Gasteiger partial charge >= 0.3 is 5.97 Å². The van der Waals surface area contributed by atoms with E-state index in [9.17, 15) is 14.4 Å². The highest BCUT2D eigenvalue weighted by atomic mass is 16.6. The Morgan fingerprint density at radius 3 is 2.67 bits per heavy atom. The maximum absolute atomic E-state index is 12.6. The molecule has 2 heterocycles. The van der Waals surface area contributed by atoms with Crippen LogP contribution in [0.5, 0.6) is 11.5 Å². The summed E-state index contributed by atoms with van der Waals surface area (Å²) in [5.41, 5.74) is 2.66. The van der Waals surface area contributed by atoms with Crippen molar-refractivity contribution in [3.63, 3.8) is 0 Å². The number of carbonyl (C=O) groups excluding carboxylic acids is 2. The summed E-state index contributed by atoms with van der Waals surface area (Å²) >= 11 is 0. The van der Waals surface area contributed by atoms with Crippen LogP contribution in [-0.2, 0) is 9.53 Å². The number of aromatic nitrogens is 1. The standard InChI is InChI=1S/C22H20N2O6/c1-11-8-18(25)24-15-9-12(4-5-13(11)15)23-19(26)10-17-14-6-7-16(28-2)21(29-3)20(14)22(27)30-17/h4-9,17H,10H2,1-3H3,(H,23,26)(H,24,25). The van der Waals surface area contributed by atoms with Crippen LogP contribution in [0.2, 0.25) is 0 Å². The number of pyridine rings is 1. The van der Waals surface area contributed by atoms with Gasteiger partial charge in [0.25, 0.3) is 0 Å². The summed E-state index contributed by atoms with van der Waals surface area (Å²) in [6.07, 6.45) is -0.786. The number of aryl methyl sites for hydroxylation is 1. The predicted octanol–water partition coefficient (Wildman–Crippen LogP) is 3.09. The lowest BCUT2D eigenvalue weighted by Crippen LogP contribution is -2.16. The minimum Gasteiger partial charge on any atom is -0.493 e. The Hall–Kier alpha value is -3.81. The third-order valence-electron chi connectivity index (χ3n) is 5.08. The van der Waals surface area contributed by atoms with Gasteiger partial charge in [-0.2, -0.15) is 0 Å². The Labute approximate surface area is 171 Å².